The van der Waals surface area contributed by atoms with Gasteiger partial charge in [0.25, 0.3) is 0 Å². The molecule has 0 amide bonds. The Kier molecular flexibility index (Phi) is 1.92. The summed E-state index contributed by atoms with van der Waals surface area (Å²) in [6.45, 7) is 0. The largest absolute Gasteiger partial charge is 0.710 e. The average molecular weight is 262 g/mol. The molecule has 0 saturated heterocycles. The molecule has 0 spiro atoms. The molecule has 2 heterocycles. The highest BCUT2D eigenvalue weighted by atomic mass is 79.9. The third kappa shape index (κ3) is 1.28. The number of hydrogen-bond acceptors (Lipinski definition) is 2. The van der Waals surface area contributed by atoms with Gasteiger partial charge in [-0.05, 0) is 22.0 Å². The number of nitrogens with zero attached hydrogens (tertiary/aromatic N) is 3. The number of aryl methyl sites for hydroxylation is 1. The maximum Gasteiger partial charge on any atom is 0.315 e. The molecule has 2 aromatic heterocycles. The second-order valence-corrected chi connectivity index (χ2v) is 3.91. The first-order valence-electron chi connectivity index (χ1n) is 3.50. The van der Waals surface area contributed by atoms with Crippen molar-refractivity contribution in [3.05, 3.63) is 27.1 Å². The summed E-state index contributed by atoms with van der Waals surface area (Å²) in [6.07, 6.45) is 1.42. The minimum Gasteiger partial charge on any atom is -0.710 e. The van der Waals surface area contributed by atoms with E-state index in [0.717, 1.165) is 4.73 Å². The predicted molar refractivity (Wildman–Crippen MR) is 52.4 cm³/mol. The Morgan fingerprint density at radius 3 is 3.08 bits per heavy atom. The molecule has 13 heavy (non-hydrogen) atoms. The first kappa shape index (κ1) is 8.77. The summed E-state index contributed by atoms with van der Waals surface area (Å²) in [7, 11) is 1.68. The molecular weight excluding hydrogens is 257 g/mol. The minimum atomic E-state index is 0.336. The molecule has 0 aliphatic carbocycles. The van der Waals surface area contributed by atoms with E-state index < -0.39 is 0 Å². The van der Waals surface area contributed by atoms with E-state index in [2.05, 4.69) is 21.0 Å². The molecule has 0 aliphatic rings. The minimum absolute atomic E-state index is 0.336. The number of hydrogen-bond donors (Lipinski definition) is 0. The smallest absolute Gasteiger partial charge is 0.315 e. The molecule has 0 bridgehead atoms. The Bertz CT molecular complexity index is 482. The third-order valence-electron chi connectivity index (χ3n) is 1.74. The second-order valence-electron chi connectivity index (χ2n) is 2.64. The van der Waals surface area contributed by atoms with Gasteiger partial charge in [0.15, 0.2) is 5.15 Å². The van der Waals surface area contributed by atoms with E-state index in [9.17, 15) is 5.21 Å². The Morgan fingerprint density at radius 1 is 1.69 bits per heavy atom. The first-order valence-corrected chi connectivity index (χ1v) is 4.67. The molecule has 0 fully saturated rings. The molecule has 0 aromatic carbocycles. The van der Waals surface area contributed by atoms with Crippen LogP contribution in [-0.4, -0.2) is 9.78 Å². The number of fused-ring (bicyclic) bond motifs is 1. The van der Waals surface area contributed by atoms with Crippen LogP contribution in [0.1, 0.15) is 0 Å². The monoisotopic (exact) mass is 261 g/mol. The standard InChI is InChI=1S/C7H5BrClN3O/c1-11-7-5(6(9)10-11)2-4(8)3-12(7)13/h2-3H,1H3. The zero-order valence-electron chi connectivity index (χ0n) is 6.66. The first-order chi connectivity index (χ1) is 6.09. The van der Waals surface area contributed by atoms with E-state index in [1.54, 1.807) is 13.1 Å². The Labute approximate surface area is 87.4 Å². The van der Waals surface area contributed by atoms with E-state index in [-0.39, 0.29) is 0 Å². The molecule has 0 N–H and O–H groups in total. The van der Waals surface area contributed by atoms with Crippen LogP contribution in [0.15, 0.2) is 16.7 Å². The van der Waals surface area contributed by atoms with Crippen LogP contribution in [0.5, 0.6) is 0 Å². The number of halogens is 2. The molecule has 0 atom stereocenters. The molecule has 4 nitrogen and oxygen atoms in total. The fourth-order valence-electron chi connectivity index (χ4n) is 1.23. The summed E-state index contributed by atoms with van der Waals surface area (Å²) in [5.74, 6) is 0. The molecule has 0 radical (unpaired) electrons. The second kappa shape index (κ2) is 2.85. The molecule has 0 saturated carbocycles. The number of rotatable bonds is 0. The van der Waals surface area contributed by atoms with Gasteiger partial charge in [0.1, 0.15) is 18.6 Å². The van der Waals surface area contributed by atoms with Crippen LogP contribution in [0.2, 0.25) is 5.15 Å². The van der Waals surface area contributed by atoms with Crippen molar-refractivity contribution in [3.8, 4) is 0 Å². The van der Waals surface area contributed by atoms with Gasteiger partial charge in [-0.25, -0.2) is 4.73 Å². The highest BCUT2D eigenvalue weighted by Gasteiger charge is 2.15. The van der Waals surface area contributed by atoms with Gasteiger partial charge in [-0.15, -0.1) is 4.68 Å². The van der Waals surface area contributed by atoms with Gasteiger partial charge < -0.3 is 5.21 Å². The average Bonchev–Trinajstić information content (AvgIpc) is 2.27. The lowest BCUT2D eigenvalue weighted by molar-refractivity contribution is -0.580. The maximum absolute atomic E-state index is 11.4. The summed E-state index contributed by atoms with van der Waals surface area (Å²) >= 11 is 9.03. The molecule has 6 heteroatoms. The van der Waals surface area contributed by atoms with Gasteiger partial charge in [-0.1, -0.05) is 16.7 Å². The lowest BCUT2D eigenvalue weighted by Crippen LogP contribution is -2.28. The molecule has 2 aromatic rings. The van der Waals surface area contributed by atoms with Gasteiger partial charge in [0, 0.05) is 0 Å². The van der Waals surface area contributed by atoms with Crippen molar-refractivity contribution < 1.29 is 4.73 Å². The lowest BCUT2D eigenvalue weighted by Gasteiger charge is -2.02. The predicted octanol–water partition coefficient (Wildman–Crippen LogP) is 1.62. The van der Waals surface area contributed by atoms with E-state index in [1.807, 2.05) is 0 Å². The van der Waals surface area contributed by atoms with E-state index in [4.69, 9.17) is 11.6 Å². The van der Waals surface area contributed by atoms with E-state index in [1.165, 1.54) is 10.9 Å². The summed E-state index contributed by atoms with van der Waals surface area (Å²) in [4.78, 5) is 0. The van der Waals surface area contributed by atoms with Crippen molar-refractivity contribution in [2.24, 2.45) is 7.05 Å². The molecule has 2 rings (SSSR count). The quantitative estimate of drug-likeness (QED) is 0.535. The van der Waals surface area contributed by atoms with Crippen molar-refractivity contribution in [1.29, 1.82) is 0 Å². The molecule has 0 unspecified atom stereocenters. The van der Waals surface area contributed by atoms with Crippen LogP contribution in [-0.2, 0) is 7.05 Å². The van der Waals surface area contributed by atoms with E-state index in [0.29, 0.717) is 20.7 Å². The SMILES string of the molecule is Cn1nc(Cl)c2cc(Br)c[n+]([O-])c21. The van der Waals surface area contributed by atoms with Crippen LogP contribution in [0, 0.1) is 5.21 Å². The topological polar surface area (TPSA) is 44.8 Å². The van der Waals surface area contributed by atoms with Gasteiger partial charge in [-0.2, -0.15) is 0 Å². The van der Waals surface area contributed by atoms with Gasteiger partial charge in [0.05, 0.1) is 4.47 Å². The highest BCUT2D eigenvalue weighted by Crippen LogP contribution is 2.22. The normalized spacial score (nSPS) is 11.0. The van der Waals surface area contributed by atoms with Crippen molar-refractivity contribution in [2.45, 2.75) is 0 Å². The third-order valence-corrected chi connectivity index (χ3v) is 2.45. The molecule has 68 valence electrons. The van der Waals surface area contributed by atoms with Crippen molar-refractivity contribution in [3.63, 3.8) is 0 Å². The zero-order chi connectivity index (χ0) is 9.59. The highest BCUT2D eigenvalue weighted by molar-refractivity contribution is 9.10. The van der Waals surface area contributed by atoms with Gasteiger partial charge >= 0.3 is 5.65 Å². The van der Waals surface area contributed by atoms with Crippen LogP contribution >= 0.6 is 27.5 Å². The van der Waals surface area contributed by atoms with Crippen molar-refractivity contribution >= 4 is 38.6 Å². The Balaban J connectivity index is 2.97. The summed E-state index contributed by atoms with van der Waals surface area (Å²) in [6, 6.07) is 1.76. The fraction of sp³-hybridized carbons (Fsp3) is 0.143. The van der Waals surface area contributed by atoms with Crippen LogP contribution < -0.4 is 4.73 Å². The van der Waals surface area contributed by atoms with Crippen molar-refractivity contribution in [2.75, 3.05) is 0 Å². The van der Waals surface area contributed by atoms with Gasteiger partial charge in [0.2, 0.25) is 0 Å². The Hall–Kier alpha value is -0.810. The summed E-state index contributed by atoms with van der Waals surface area (Å²) in [5, 5.41) is 16.3. The molecular formula is C7H5BrClN3O. The summed E-state index contributed by atoms with van der Waals surface area (Å²) in [5.41, 5.74) is 0.452. The van der Waals surface area contributed by atoms with Gasteiger partial charge in [-0.3, -0.25) is 0 Å². The summed E-state index contributed by atoms with van der Waals surface area (Å²) < 4.78 is 2.87. The fourth-order valence-corrected chi connectivity index (χ4v) is 1.90. The zero-order valence-corrected chi connectivity index (χ0v) is 9.00. The molecule has 0 aliphatic heterocycles. The maximum atomic E-state index is 11.4. The lowest BCUT2D eigenvalue weighted by atomic mass is 10.4. The van der Waals surface area contributed by atoms with Crippen LogP contribution in [0.4, 0.5) is 0 Å². The number of aromatic nitrogens is 3. The van der Waals surface area contributed by atoms with Crippen LogP contribution in [0.25, 0.3) is 11.0 Å². The number of pyridine rings is 1. The van der Waals surface area contributed by atoms with Crippen LogP contribution in [0.3, 0.4) is 0 Å². The Morgan fingerprint density at radius 2 is 2.38 bits per heavy atom. The van der Waals surface area contributed by atoms with E-state index >= 15 is 0 Å². The van der Waals surface area contributed by atoms with Crippen molar-refractivity contribution in [1.82, 2.24) is 9.78 Å².